The first-order valence-corrected chi connectivity index (χ1v) is 10.2. The van der Waals surface area contributed by atoms with Crippen LogP contribution in [0.3, 0.4) is 0 Å². The number of carbonyl (C=O) groups excluding carboxylic acids is 2. The smallest absolute Gasteiger partial charge is 0.341 e. The molecule has 0 atom stereocenters. The lowest BCUT2D eigenvalue weighted by Gasteiger charge is -2.25. The van der Waals surface area contributed by atoms with Gasteiger partial charge in [0.05, 0.1) is 17.4 Å². The second kappa shape index (κ2) is 8.79. The monoisotopic (exact) mass is 436 g/mol. The van der Waals surface area contributed by atoms with Gasteiger partial charge in [-0.25, -0.2) is 4.79 Å². The molecule has 2 heterocycles. The molecule has 1 aromatic carbocycles. The Bertz CT molecular complexity index is 786. The number of anilines is 1. The van der Waals surface area contributed by atoms with Crippen LogP contribution in [0.25, 0.3) is 11.1 Å². The number of piperidine rings is 1. The summed E-state index contributed by atoms with van der Waals surface area (Å²) in [4.78, 5) is 27.1. The topological polar surface area (TPSA) is 58.6 Å². The molecule has 1 aliphatic heterocycles. The zero-order valence-electron chi connectivity index (χ0n) is 14.6. The average Bonchev–Trinajstić information content (AvgIpc) is 2.98. The van der Waals surface area contributed by atoms with Gasteiger partial charge < -0.3 is 10.1 Å². The third kappa shape index (κ3) is 4.34. The predicted octanol–water partition coefficient (Wildman–Crippen LogP) is 4.39. The largest absolute Gasteiger partial charge is 0.465 e. The molecule has 0 radical (unpaired) electrons. The molecule has 0 bridgehead atoms. The number of likely N-dealkylation sites (tertiary alicyclic amines) is 1. The molecule has 5 nitrogen and oxygen atoms in total. The highest BCUT2D eigenvalue weighted by molar-refractivity contribution is 9.11. The number of amides is 1. The minimum Gasteiger partial charge on any atom is -0.465 e. The zero-order chi connectivity index (χ0) is 18.5. The number of esters is 1. The fourth-order valence-corrected chi connectivity index (χ4v) is 5.00. The van der Waals surface area contributed by atoms with E-state index in [2.05, 4.69) is 26.1 Å². The van der Waals surface area contributed by atoms with Crippen molar-refractivity contribution < 1.29 is 14.3 Å². The van der Waals surface area contributed by atoms with Gasteiger partial charge >= 0.3 is 5.97 Å². The summed E-state index contributed by atoms with van der Waals surface area (Å²) < 4.78 is 5.76. The van der Waals surface area contributed by atoms with Gasteiger partial charge in [-0.05, 0) is 47.4 Å². The van der Waals surface area contributed by atoms with Crippen molar-refractivity contribution in [3.63, 3.8) is 0 Å². The molecule has 7 heteroatoms. The Labute approximate surface area is 165 Å². The Morgan fingerprint density at radius 3 is 2.54 bits per heavy atom. The molecule has 3 rings (SSSR count). The van der Waals surface area contributed by atoms with Crippen molar-refractivity contribution in [2.75, 3.05) is 32.1 Å². The predicted molar refractivity (Wildman–Crippen MR) is 108 cm³/mol. The molecular weight excluding hydrogens is 416 g/mol. The maximum atomic E-state index is 12.5. The van der Waals surface area contributed by atoms with Gasteiger partial charge in [0.25, 0.3) is 0 Å². The number of halogens is 1. The van der Waals surface area contributed by atoms with Crippen LogP contribution in [0.1, 0.15) is 29.6 Å². The van der Waals surface area contributed by atoms with Crippen LogP contribution in [0.5, 0.6) is 0 Å². The number of nitrogens with one attached hydrogen (secondary N) is 1. The number of hydrogen-bond acceptors (Lipinski definition) is 5. The van der Waals surface area contributed by atoms with Crippen molar-refractivity contribution in [1.82, 2.24) is 4.90 Å². The minimum absolute atomic E-state index is 0.106. The van der Waals surface area contributed by atoms with E-state index in [9.17, 15) is 9.59 Å². The van der Waals surface area contributed by atoms with E-state index in [0.717, 1.165) is 40.8 Å². The maximum absolute atomic E-state index is 12.5. The van der Waals surface area contributed by atoms with Gasteiger partial charge in [0.1, 0.15) is 10.6 Å². The van der Waals surface area contributed by atoms with Crippen LogP contribution in [-0.4, -0.2) is 43.5 Å². The van der Waals surface area contributed by atoms with Gasteiger partial charge in [0, 0.05) is 5.56 Å². The summed E-state index contributed by atoms with van der Waals surface area (Å²) in [5.74, 6) is -0.565. The molecule has 138 valence electrons. The zero-order valence-corrected chi connectivity index (χ0v) is 17.0. The van der Waals surface area contributed by atoms with E-state index in [4.69, 9.17) is 4.74 Å². The highest BCUT2D eigenvalue weighted by Gasteiger charge is 2.26. The molecule has 1 saturated heterocycles. The first-order valence-electron chi connectivity index (χ1n) is 8.58. The number of benzene rings is 1. The quantitative estimate of drug-likeness (QED) is 0.705. The Morgan fingerprint density at radius 1 is 1.19 bits per heavy atom. The normalized spacial score (nSPS) is 14.8. The molecule has 0 spiro atoms. The molecule has 0 aliphatic carbocycles. The molecule has 26 heavy (non-hydrogen) atoms. The van der Waals surface area contributed by atoms with Gasteiger partial charge in [0.15, 0.2) is 0 Å². The number of rotatable bonds is 5. The van der Waals surface area contributed by atoms with E-state index in [1.807, 2.05) is 30.3 Å². The van der Waals surface area contributed by atoms with E-state index in [0.29, 0.717) is 17.1 Å². The van der Waals surface area contributed by atoms with E-state index >= 15 is 0 Å². The Balaban J connectivity index is 1.87. The summed E-state index contributed by atoms with van der Waals surface area (Å²) in [5, 5.41) is 3.43. The standard InChI is InChI=1S/C19H21BrN2O3S/c1-25-19(24)16-15(13-8-4-2-5-9-13)17(20)26-18(16)21-14(23)12-22-10-6-3-7-11-22/h2,4-5,8-9H,3,6-7,10-12H2,1H3,(H,21,23). The van der Waals surface area contributed by atoms with Gasteiger partial charge in [-0.3, -0.25) is 9.69 Å². The number of hydrogen-bond donors (Lipinski definition) is 1. The molecular formula is C19H21BrN2O3S. The van der Waals surface area contributed by atoms with Crippen LogP contribution in [-0.2, 0) is 9.53 Å². The Hall–Kier alpha value is -1.70. The Morgan fingerprint density at radius 2 is 1.88 bits per heavy atom. The second-order valence-corrected chi connectivity index (χ2v) is 8.54. The van der Waals surface area contributed by atoms with Crippen LogP contribution in [0.4, 0.5) is 5.00 Å². The Kier molecular flexibility index (Phi) is 6.45. The maximum Gasteiger partial charge on any atom is 0.341 e. The van der Waals surface area contributed by atoms with Crippen molar-refractivity contribution in [2.45, 2.75) is 19.3 Å². The molecule has 1 fully saturated rings. The van der Waals surface area contributed by atoms with Gasteiger partial charge in [0.2, 0.25) is 5.91 Å². The number of methoxy groups -OCH3 is 1. The first-order chi connectivity index (χ1) is 12.6. The summed E-state index contributed by atoms with van der Waals surface area (Å²) in [6, 6.07) is 9.60. The van der Waals surface area contributed by atoms with E-state index in [-0.39, 0.29) is 5.91 Å². The van der Waals surface area contributed by atoms with E-state index < -0.39 is 5.97 Å². The molecule has 1 aliphatic rings. The molecule has 1 aromatic heterocycles. The molecule has 1 N–H and O–H groups in total. The third-order valence-corrected chi connectivity index (χ3v) is 6.16. The van der Waals surface area contributed by atoms with Gasteiger partial charge in [-0.15, -0.1) is 11.3 Å². The number of thiophene rings is 1. The van der Waals surface area contributed by atoms with E-state index in [1.54, 1.807) is 0 Å². The highest BCUT2D eigenvalue weighted by atomic mass is 79.9. The van der Waals surface area contributed by atoms with Crippen LogP contribution in [0.2, 0.25) is 0 Å². The third-order valence-electron chi connectivity index (χ3n) is 4.39. The van der Waals surface area contributed by atoms with Crippen molar-refractivity contribution in [1.29, 1.82) is 0 Å². The number of nitrogens with zero attached hydrogens (tertiary/aromatic N) is 1. The number of ether oxygens (including phenoxy) is 1. The fraction of sp³-hybridized carbons (Fsp3) is 0.368. The SMILES string of the molecule is COC(=O)c1c(NC(=O)CN2CCCCC2)sc(Br)c1-c1ccccc1. The first kappa shape index (κ1) is 19.1. The average molecular weight is 437 g/mol. The minimum atomic E-state index is -0.459. The van der Waals surface area contributed by atoms with Crippen LogP contribution >= 0.6 is 27.3 Å². The molecule has 1 amide bonds. The van der Waals surface area contributed by atoms with Gasteiger partial charge in [-0.2, -0.15) is 0 Å². The van der Waals surface area contributed by atoms with Crippen molar-refractivity contribution in [2.24, 2.45) is 0 Å². The molecule has 2 aromatic rings. The van der Waals surface area contributed by atoms with Crippen molar-refractivity contribution in [3.8, 4) is 11.1 Å². The van der Waals surface area contributed by atoms with Crippen molar-refractivity contribution in [3.05, 3.63) is 39.7 Å². The fourth-order valence-electron chi connectivity index (χ4n) is 3.14. The summed E-state index contributed by atoms with van der Waals surface area (Å²) in [5.41, 5.74) is 2.03. The summed E-state index contributed by atoms with van der Waals surface area (Å²) >= 11 is 4.87. The number of carbonyl (C=O) groups is 2. The highest BCUT2D eigenvalue weighted by Crippen LogP contribution is 2.44. The lowest BCUT2D eigenvalue weighted by atomic mass is 10.0. The van der Waals surface area contributed by atoms with E-state index in [1.165, 1.54) is 24.9 Å². The van der Waals surface area contributed by atoms with Crippen LogP contribution in [0.15, 0.2) is 34.1 Å². The second-order valence-electron chi connectivity index (χ2n) is 6.20. The molecule has 0 saturated carbocycles. The van der Waals surface area contributed by atoms with Crippen LogP contribution in [0, 0.1) is 0 Å². The van der Waals surface area contributed by atoms with Crippen molar-refractivity contribution >= 4 is 44.1 Å². The summed E-state index contributed by atoms with van der Waals surface area (Å²) in [7, 11) is 1.35. The lowest BCUT2D eigenvalue weighted by molar-refractivity contribution is -0.117. The summed E-state index contributed by atoms with van der Waals surface area (Å²) in [6.45, 7) is 2.23. The lowest BCUT2D eigenvalue weighted by Crippen LogP contribution is -2.36. The van der Waals surface area contributed by atoms with Gasteiger partial charge in [-0.1, -0.05) is 36.8 Å². The molecule has 0 unspecified atom stereocenters. The van der Waals surface area contributed by atoms with Crippen LogP contribution < -0.4 is 5.32 Å². The summed E-state index contributed by atoms with van der Waals surface area (Å²) in [6.07, 6.45) is 3.48.